The number of hydrogen-bond acceptors (Lipinski definition) is 3. The van der Waals surface area contributed by atoms with E-state index in [0.717, 1.165) is 0 Å². The van der Waals surface area contributed by atoms with Gasteiger partial charge in [-0.3, -0.25) is 9.48 Å². The van der Waals surface area contributed by atoms with E-state index in [9.17, 15) is 4.79 Å². The van der Waals surface area contributed by atoms with Crippen LogP contribution in [0, 0.1) is 5.41 Å². The molecular formula is C11H19N3O2. The zero-order valence-corrected chi connectivity index (χ0v) is 10.0. The number of carbonyl (C=O) groups is 1. The molecule has 0 bridgehead atoms. The second kappa shape index (κ2) is 5.12. The van der Waals surface area contributed by atoms with Crippen molar-refractivity contribution in [1.29, 1.82) is 0 Å². The second-order valence-corrected chi connectivity index (χ2v) is 4.77. The summed E-state index contributed by atoms with van der Waals surface area (Å²) in [6, 6.07) is 0. The Bertz CT molecular complexity index is 352. The first kappa shape index (κ1) is 12.7. The molecule has 0 fully saturated rings. The number of rotatable bonds is 4. The fourth-order valence-corrected chi connectivity index (χ4v) is 1.10. The summed E-state index contributed by atoms with van der Waals surface area (Å²) >= 11 is 0. The molecule has 1 aromatic heterocycles. The minimum atomic E-state index is -0.410. The minimum Gasteiger partial charge on any atom is -0.396 e. The molecule has 1 aromatic rings. The van der Waals surface area contributed by atoms with Crippen LogP contribution >= 0.6 is 0 Å². The summed E-state index contributed by atoms with van der Waals surface area (Å²) in [4.78, 5) is 11.7. The molecule has 1 heterocycles. The van der Waals surface area contributed by atoms with Crippen molar-refractivity contribution >= 4 is 11.6 Å². The molecule has 1 amide bonds. The fraction of sp³-hybridized carbons (Fsp3) is 0.636. The number of nitrogens with one attached hydrogen (secondary N) is 1. The Morgan fingerprint density at radius 3 is 2.81 bits per heavy atom. The zero-order valence-electron chi connectivity index (χ0n) is 10.0. The normalized spacial score (nSPS) is 11.5. The van der Waals surface area contributed by atoms with E-state index in [-0.39, 0.29) is 12.5 Å². The van der Waals surface area contributed by atoms with Gasteiger partial charge < -0.3 is 10.4 Å². The molecule has 0 spiro atoms. The van der Waals surface area contributed by atoms with E-state index in [4.69, 9.17) is 5.11 Å². The molecule has 0 aliphatic carbocycles. The van der Waals surface area contributed by atoms with Gasteiger partial charge in [0.15, 0.2) is 0 Å². The lowest BCUT2D eigenvalue weighted by Crippen LogP contribution is -2.27. The van der Waals surface area contributed by atoms with Gasteiger partial charge in [0, 0.05) is 24.8 Å². The molecule has 1 rings (SSSR count). The van der Waals surface area contributed by atoms with E-state index in [1.807, 2.05) is 20.8 Å². The van der Waals surface area contributed by atoms with E-state index in [1.165, 1.54) is 0 Å². The van der Waals surface area contributed by atoms with Gasteiger partial charge in [0.05, 0.1) is 11.9 Å². The van der Waals surface area contributed by atoms with Crippen molar-refractivity contribution in [1.82, 2.24) is 9.78 Å². The lowest BCUT2D eigenvalue weighted by Gasteiger charge is -2.16. The number of aliphatic hydroxyl groups excluding tert-OH is 1. The summed E-state index contributed by atoms with van der Waals surface area (Å²) in [5.74, 6) is -0.0331. The summed E-state index contributed by atoms with van der Waals surface area (Å²) < 4.78 is 1.70. The predicted octanol–water partition coefficient (Wildman–Crippen LogP) is 1.25. The van der Waals surface area contributed by atoms with Gasteiger partial charge in [-0.25, -0.2) is 0 Å². The van der Waals surface area contributed by atoms with Crippen molar-refractivity contribution in [3.8, 4) is 0 Å². The Kier molecular flexibility index (Phi) is 4.06. The molecule has 0 atom stereocenters. The Hall–Kier alpha value is -1.36. The topological polar surface area (TPSA) is 67.2 Å². The van der Waals surface area contributed by atoms with Crippen LogP contribution in [0.3, 0.4) is 0 Å². The quantitative estimate of drug-likeness (QED) is 0.810. The van der Waals surface area contributed by atoms with Gasteiger partial charge in [-0.15, -0.1) is 0 Å². The first-order valence-electron chi connectivity index (χ1n) is 5.38. The number of hydrogen-bond donors (Lipinski definition) is 2. The van der Waals surface area contributed by atoms with E-state index < -0.39 is 5.41 Å². The Balaban J connectivity index is 2.55. The van der Waals surface area contributed by atoms with Crippen LogP contribution in [0.4, 0.5) is 5.69 Å². The highest BCUT2D eigenvalue weighted by Crippen LogP contribution is 2.16. The lowest BCUT2D eigenvalue weighted by molar-refractivity contribution is -0.123. The van der Waals surface area contributed by atoms with Crippen LogP contribution in [-0.2, 0) is 11.3 Å². The smallest absolute Gasteiger partial charge is 0.229 e. The van der Waals surface area contributed by atoms with E-state index in [2.05, 4.69) is 10.4 Å². The summed E-state index contributed by atoms with van der Waals surface area (Å²) in [6.07, 6.45) is 4.04. The number of nitrogens with zero attached hydrogens (tertiary/aromatic N) is 2. The molecule has 0 saturated carbocycles. The summed E-state index contributed by atoms with van der Waals surface area (Å²) in [5.41, 5.74) is 0.283. The lowest BCUT2D eigenvalue weighted by atomic mass is 9.96. The number of aryl methyl sites for hydroxylation is 1. The molecule has 90 valence electrons. The van der Waals surface area contributed by atoms with Crippen LogP contribution in [-0.4, -0.2) is 27.4 Å². The number of aromatic nitrogens is 2. The molecular weight excluding hydrogens is 206 g/mol. The Labute approximate surface area is 95.5 Å². The van der Waals surface area contributed by atoms with Crippen molar-refractivity contribution in [3.63, 3.8) is 0 Å². The van der Waals surface area contributed by atoms with Gasteiger partial charge >= 0.3 is 0 Å². The number of anilines is 1. The van der Waals surface area contributed by atoms with Crippen LogP contribution < -0.4 is 5.32 Å². The van der Waals surface area contributed by atoms with Crippen molar-refractivity contribution in [2.45, 2.75) is 33.7 Å². The van der Waals surface area contributed by atoms with Gasteiger partial charge in [0.2, 0.25) is 5.91 Å². The van der Waals surface area contributed by atoms with Crippen LogP contribution in [0.1, 0.15) is 27.2 Å². The van der Waals surface area contributed by atoms with Crippen molar-refractivity contribution in [2.75, 3.05) is 11.9 Å². The monoisotopic (exact) mass is 225 g/mol. The molecule has 5 heteroatoms. The number of amides is 1. The molecule has 2 N–H and O–H groups in total. The van der Waals surface area contributed by atoms with E-state index in [1.54, 1.807) is 17.1 Å². The minimum absolute atomic E-state index is 0.0331. The molecule has 0 unspecified atom stereocenters. The van der Waals surface area contributed by atoms with Crippen molar-refractivity contribution in [2.24, 2.45) is 5.41 Å². The molecule has 5 nitrogen and oxygen atoms in total. The fourth-order valence-electron chi connectivity index (χ4n) is 1.10. The van der Waals surface area contributed by atoms with Crippen LogP contribution in [0.15, 0.2) is 12.4 Å². The van der Waals surface area contributed by atoms with Gasteiger partial charge in [0.1, 0.15) is 0 Å². The van der Waals surface area contributed by atoms with Crippen LogP contribution in [0.25, 0.3) is 0 Å². The highest BCUT2D eigenvalue weighted by molar-refractivity contribution is 5.94. The molecule has 0 saturated heterocycles. The van der Waals surface area contributed by atoms with Gasteiger partial charge in [-0.05, 0) is 6.42 Å². The standard InChI is InChI=1S/C11H19N3O2/c1-11(2,3)10(16)13-9-7-12-14(8-9)5-4-6-15/h7-8,15H,4-6H2,1-3H3,(H,13,16). The SMILES string of the molecule is CC(C)(C)C(=O)Nc1cnn(CCCO)c1. The van der Waals surface area contributed by atoms with Crippen molar-refractivity contribution in [3.05, 3.63) is 12.4 Å². The Morgan fingerprint density at radius 1 is 1.56 bits per heavy atom. The third kappa shape index (κ3) is 3.66. The summed E-state index contributed by atoms with van der Waals surface area (Å²) in [7, 11) is 0. The highest BCUT2D eigenvalue weighted by atomic mass is 16.3. The number of aliphatic hydroxyl groups is 1. The maximum atomic E-state index is 11.7. The third-order valence-corrected chi connectivity index (χ3v) is 2.12. The second-order valence-electron chi connectivity index (χ2n) is 4.77. The predicted molar refractivity (Wildman–Crippen MR) is 62.0 cm³/mol. The van der Waals surface area contributed by atoms with Crippen LogP contribution in [0.2, 0.25) is 0 Å². The largest absolute Gasteiger partial charge is 0.396 e. The summed E-state index contributed by atoms with van der Waals surface area (Å²) in [5, 5.41) is 15.5. The average Bonchev–Trinajstić information content (AvgIpc) is 2.61. The van der Waals surface area contributed by atoms with Crippen molar-refractivity contribution < 1.29 is 9.90 Å². The molecule has 0 aliphatic heterocycles. The maximum Gasteiger partial charge on any atom is 0.229 e. The molecule has 16 heavy (non-hydrogen) atoms. The van der Waals surface area contributed by atoms with E-state index >= 15 is 0 Å². The highest BCUT2D eigenvalue weighted by Gasteiger charge is 2.21. The van der Waals surface area contributed by atoms with Crippen LogP contribution in [0.5, 0.6) is 0 Å². The molecule has 0 radical (unpaired) electrons. The Morgan fingerprint density at radius 2 is 2.25 bits per heavy atom. The average molecular weight is 225 g/mol. The zero-order chi connectivity index (χ0) is 12.2. The first-order chi connectivity index (χ1) is 7.43. The number of carbonyl (C=O) groups excluding carboxylic acids is 1. The molecule has 0 aromatic carbocycles. The third-order valence-electron chi connectivity index (χ3n) is 2.12. The molecule has 0 aliphatic rings. The van der Waals surface area contributed by atoms with Gasteiger partial charge in [-0.2, -0.15) is 5.10 Å². The maximum absolute atomic E-state index is 11.7. The summed E-state index contributed by atoms with van der Waals surface area (Å²) in [6.45, 7) is 6.38. The van der Waals surface area contributed by atoms with Gasteiger partial charge in [-0.1, -0.05) is 20.8 Å². The van der Waals surface area contributed by atoms with E-state index in [0.29, 0.717) is 18.7 Å². The first-order valence-corrected chi connectivity index (χ1v) is 5.38. The van der Waals surface area contributed by atoms with Gasteiger partial charge in [0.25, 0.3) is 0 Å².